The normalized spacial score (nSPS) is 15.7. The molecule has 0 atom stereocenters. The lowest BCUT2D eigenvalue weighted by Gasteiger charge is -2.34. The third kappa shape index (κ3) is 4.29. The van der Waals surface area contributed by atoms with Gasteiger partial charge in [-0.25, -0.2) is 4.68 Å². The molecule has 3 heterocycles. The zero-order valence-corrected chi connectivity index (χ0v) is 18.3. The Labute approximate surface area is 180 Å². The van der Waals surface area contributed by atoms with Gasteiger partial charge in [0, 0.05) is 32.7 Å². The molecule has 0 aliphatic carbocycles. The van der Waals surface area contributed by atoms with Crippen LogP contribution >= 0.6 is 11.6 Å². The summed E-state index contributed by atoms with van der Waals surface area (Å²) < 4.78 is 7.60. The van der Waals surface area contributed by atoms with Crippen molar-refractivity contribution in [2.45, 2.75) is 26.3 Å². The van der Waals surface area contributed by atoms with Crippen molar-refractivity contribution in [1.29, 1.82) is 0 Å². The van der Waals surface area contributed by atoms with Gasteiger partial charge in [0.25, 0.3) is 5.56 Å². The molecule has 4 rings (SSSR count). The maximum atomic E-state index is 12.5. The van der Waals surface area contributed by atoms with E-state index in [1.54, 1.807) is 6.20 Å². The number of fused-ring (bicyclic) bond motifs is 1. The van der Waals surface area contributed by atoms with Gasteiger partial charge in [0.2, 0.25) is 5.95 Å². The Balaban J connectivity index is 1.39. The van der Waals surface area contributed by atoms with Crippen molar-refractivity contribution in [3.63, 3.8) is 0 Å². The molecule has 0 unspecified atom stereocenters. The highest BCUT2D eigenvalue weighted by molar-refractivity contribution is 6.32. The molecule has 8 nitrogen and oxygen atoms in total. The predicted molar refractivity (Wildman–Crippen MR) is 119 cm³/mol. The first-order valence-corrected chi connectivity index (χ1v) is 10.5. The van der Waals surface area contributed by atoms with E-state index in [-0.39, 0.29) is 11.1 Å². The minimum absolute atomic E-state index is 0.152. The van der Waals surface area contributed by atoms with Crippen LogP contribution in [0.15, 0.2) is 35.3 Å². The molecule has 0 spiro atoms. The van der Waals surface area contributed by atoms with E-state index in [4.69, 9.17) is 21.3 Å². The fourth-order valence-electron chi connectivity index (χ4n) is 3.58. The maximum Gasteiger partial charge on any atom is 0.263 e. The van der Waals surface area contributed by atoms with Crippen LogP contribution < -0.4 is 15.2 Å². The number of hydrogen-bond acceptors (Lipinski definition) is 6. The van der Waals surface area contributed by atoms with Crippen LogP contribution in [0.5, 0.6) is 5.75 Å². The number of nitrogens with zero attached hydrogens (tertiary/aromatic N) is 5. The van der Waals surface area contributed by atoms with Gasteiger partial charge in [0.05, 0.1) is 16.8 Å². The summed E-state index contributed by atoms with van der Waals surface area (Å²) in [6, 6.07) is 7.50. The summed E-state index contributed by atoms with van der Waals surface area (Å²) in [5, 5.41) is 5.52. The Hall–Kier alpha value is -2.58. The molecule has 2 aromatic heterocycles. The smallest absolute Gasteiger partial charge is 0.263 e. The van der Waals surface area contributed by atoms with Gasteiger partial charge in [-0.05, 0) is 32.9 Å². The van der Waals surface area contributed by atoms with Crippen LogP contribution in [0.3, 0.4) is 0 Å². The summed E-state index contributed by atoms with van der Waals surface area (Å²) in [5.41, 5.74) is 0.220. The Kier molecular flexibility index (Phi) is 5.71. The van der Waals surface area contributed by atoms with Crippen molar-refractivity contribution in [3.05, 3.63) is 45.8 Å². The second-order valence-corrected chi connectivity index (χ2v) is 8.87. The topological polar surface area (TPSA) is 79.3 Å². The molecule has 0 saturated carbocycles. The predicted octanol–water partition coefficient (Wildman–Crippen LogP) is 2.73. The first kappa shape index (κ1) is 20.7. The molecular formula is C21H27ClN6O2. The standard InChI is InChI=1S/C21H27ClN6O2/c1-21(2,3)28-18-15(14-23-28)19(29)25-20(24-18)27-10-8-26(9-11-27)12-13-30-17-7-5-4-6-16(17)22/h4-7,14H,8-13H2,1-3H3,(H,24,25,29). The third-order valence-electron chi connectivity index (χ3n) is 5.23. The van der Waals surface area contributed by atoms with Crippen LogP contribution in [0.1, 0.15) is 20.8 Å². The van der Waals surface area contributed by atoms with E-state index in [9.17, 15) is 4.79 Å². The van der Waals surface area contributed by atoms with Gasteiger partial charge >= 0.3 is 0 Å². The Morgan fingerprint density at radius 3 is 2.60 bits per heavy atom. The summed E-state index contributed by atoms with van der Waals surface area (Å²) in [4.78, 5) is 24.6. The molecule has 1 fully saturated rings. The summed E-state index contributed by atoms with van der Waals surface area (Å²) in [6.07, 6.45) is 1.59. The van der Waals surface area contributed by atoms with Crippen LogP contribution in [0, 0.1) is 0 Å². The summed E-state index contributed by atoms with van der Waals surface area (Å²) >= 11 is 6.13. The lowest BCUT2D eigenvalue weighted by Crippen LogP contribution is -2.48. The lowest BCUT2D eigenvalue weighted by atomic mass is 10.1. The first-order valence-electron chi connectivity index (χ1n) is 10.2. The van der Waals surface area contributed by atoms with Crippen molar-refractivity contribution in [3.8, 4) is 5.75 Å². The fraction of sp³-hybridized carbons (Fsp3) is 0.476. The number of para-hydroxylation sites is 1. The van der Waals surface area contributed by atoms with Crippen molar-refractivity contribution in [2.24, 2.45) is 0 Å². The molecule has 1 saturated heterocycles. The third-order valence-corrected chi connectivity index (χ3v) is 5.55. The Morgan fingerprint density at radius 1 is 1.17 bits per heavy atom. The highest BCUT2D eigenvalue weighted by Gasteiger charge is 2.23. The van der Waals surface area contributed by atoms with E-state index in [1.807, 2.05) is 49.7 Å². The van der Waals surface area contributed by atoms with Gasteiger partial charge < -0.3 is 9.64 Å². The van der Waals surface area contributed by atoms with Gasteiger partial charge in [-0.1, -0.05) is 23.7 Å². The molecule has 3 aromatic rings. The second-order valence-electron chi connectivity index (χ2n) is 8.46. The number of aromatic amines is 1. The highest BCUT2D eigenvalue weighted by Crippen LogP contribution is 2.23. The van der Waals surface area contributed by atoms with E-state index in [2.05, 4.69) is 19.9 Å². The quantitative estimate of drug-likeness (QED) is 0.670. The summed E-state index contributed by atoms with van der Waals surface area (Å²) in [7, 11) is 0. The molecular weight excluding hydrogens is 404 g/mol. The van der Waals surface area contributed by atoms with Gasteiger partial charge in [0.15, 0.2) is 5.65 Å². The highest BCUT2D eigenvalue weighted by atomic mass is 35.5. The van der Waals surface area contributed by atoms with Gasteiger partial charge in [0.1, 0.15) is 17.7 Å². The number of benzene rings is 1. The number of ether oxygens (including phenoxy) is 1. The van der Waals surface area contributed by atoms with E-state index in [0.29, 0.717) is 34.4 Å². The minimum Gasteiger partial charge on any atom is -0.491 e. The van der Waals surface area contributed by atoms with Crippen LogP contribution in [-0.4, -0.2) is 64.0 Å². The van der Waals surface area contributed by atoms with Crippen LogP contribution in [-0.2, 0) is 5.54 Å². The number of anilines is 1. The molecule has 1 aromatic carbocycles. The number of piperazine rings is 1. The minimum atomic E-state index is -0.250. The van der Waals surface area contributed by atoms with E-state index >= 15 is 0 Å². The monoisotopic (exact) mass is 430 g/mol. The number of halogens is 1. The van der Waals surface area contributed by atoms with Crippen LogP contribution in [0.2, 0.25) is 5.02 Å². The number of rotatable bonds is 5. The van der Waals surface area contributed by atoms with Crippen LogP contribution in [0.4, 0.5) is 5.95 Å². The van der Waals surface area contributed by atoms with E-state index in [0.717, 1.165) is 32.7 Å². The largest absolute Gasteiger partial charge is 0.491 e. The fourth-order valence-corrected chi connectivity index (χ4v) is 3.77. The number of nitrogens with one attached hydrogen (secondary N) is 1. The molecule has 0 amide bonds. The van der Waals surface area contributed by atoms with Crippen molar-refractivity contribution in [2.75, 3.05) is 44.2 Å². The zero-order chi connectivity index (χ0) is 21.3. The molecule has 0 radical (unpaired) electrons. The molecule has 9 heteroatoms. The SMILES string of the molecule is CC(C)(C)n1ncc2c(=O)[nH]c(N3CCN(CCOc4ccccc4Cl)CC3)nc21. The zero-order valence-electron chi connectivity index (χ0n) is 17.6. The van der Waals surface area contributed by atoms with Crippen LogP contribution in [0.25, 0.3) is 11.0 Å². The second kappa shape index (κ2) is 8.28. The van der Waals surface area contributed by atoms with Crippen molar-refractivity contribution < 1.29 is 4.74 Å². The molecule has 160 valence electrons. The molecule has 1 N–H and O–H groups in total. The Bertz CT molecular complexity index is 1080. The van der Waals surface area contributed by atoms with Crippen molar-refractivity contribution in [1.82, 2.24) is 24.6 Å². The molecule has 1 aliphatic rings. The van der Waals surface area contributed by atoms with E-state index < -0.39 is 0 Å². The molecule has 0 bridgehead atoms. The summed E-state index contributed by atoms with van der Waals surface area (Å²) in [5.74, 6) is 1.31. The van der Waals surface area contributed by atoms with Gasteiger partial charge in [-0.3, -0.25) is 14.7 Å². The van der Waals surface area contributed by atoms with Gasteiger partial charge in [-0.2, -0.15) is 10.1 Å². The molecule has 30 heavy (non-hydrogen) atoms. The van der Waals surface area contributed by atoms with Crippen molar-refractivity contribution >= 4 is 28.6 Å². The molecule has 1 aliphatic heterocycles. The Morgan fingerprint density at radius 2 is 1.90 bits per heavy atom. The number of H-pyrrole nitrogens is 1. The maximum absolute atomic E-state index is 12.5. The summed E-state index contributed by atoms with van der Waals surface area (Å²) in [6.45, 7) is 10.8. The first-order chi connectivity index (χ1) is 14.3. The average molecular weight is 431 g/mol. The number of aromatic nitrogens is 4. The van der Waals surface area contributed by atoms with Gasteiger partial charge in [-0.15, -0.1) is 0 Å². The van der Waals surface area contributed by atoms with E-state index in [1.165, 1.54) is 0 Å². The average Bonchev–Trinajstić information content (AvgIpc) is 3.15. The lowest BCUT2D eigenvalue weighted by molar-refractivity contribution is 0.200. The number of hydrogen-bond donors (Lipinski definition) is 1.